The van der Waals surface area contributed by atoms with Crippen LogP contribution >= 0.6 is 12.4 Å². The zero-order chi connectivity index (χ0) is 12.0. The molecule has 1 amide bonds. The first kappa shape index (κ1) is 16.7. The average molecular weight is 265 g/mol. The predicted octanol–water partition coefficient (Wildman–Crippen LogP) is 1.32. The number of rotatable bonds is 5. The quantitative estimate of drug-likeness (QED) is 0.787. The topological polar surface area (TPSA) is 64.3 Å². The maximum Gasteiger partial charge on any atom is 0.225 e. The molecule has 1 rings (SSSR count). The van der Waals surface area contributed by atoms with Gasteiger partial charge < -0.3 is 15.8 Å². The molecule has 0 radical (unpaired) electrons. The van der Waals surface area contributed by atoms with E-state index >= 15 is 0 Å². The van der Waals surface area contributed by atoms with E-state index in [2.05, 4.69) is 5.32 Å². The highest BCUT2D eigenvalue weighted by Gasteiger charge is 2.26. The molecular formula is C12H25ClN2O2. The van der Waals surface area contributed by atoms with E-state index in [4.69, 9.17) is 10.5 Å². The summed E-state index contributed by atoms with van der Waals surface area (Å²) in [6, 6.07) is 0.269. The highest BCUT2D eigenvalue weighted by atomic mass is 35.5. The van der Waals surface area contributed by atoms with Crippen molar-refractivity contribution in [3.05, 3.63) is 0 Å². The summed E-state index contributed by atoms with van der Waals surface area (Å²) in [6.45, 7) is 3.04. The van der Waals surface area contributed by atoms with Crippen LogP contribution in [0.5, 0.6) is 0 Å². The van der Waals surface area contributed by atoms with Crippen LogP contribution in [-0.2, 0) is 9.53 Å². The number of carbonyl (C=O) groups excluding carboxylic acids is 1. The number of nitrogens with two attached hydrogens (primary N) is 1. The van der Waals surface area contributed by atoms with E-state index in [1.54, 1.807) is 7.11 Å². The SMILES string of the molecule is COCC(C)C(=O)NC1CCCCC1CN.Cl. The highest BCUT2D eigenvalue weighted by molar-refractivity contribution is 5.85. The molecule has 3 N–H and O–H groups in total. The maximum atomic E-state index is 11.8. The van der Waals surface area contributed by atoms with Gasteiger partial charge in [-0.05, 0) is 25.3 Å². The summed E-state index contributed by atoms with van der Waals surface area (Å²) in [5.41, 5.74) is 5.73. The lowest BCUT2D eigenvalue weighted by atomic mass is 9.84. The van der Waals surface area contributed by atoms with Crippen LogP contribution in [0.1, 0.15) is 32.6 Å². The second-order valence-electron chi connectivity index (χ2n) is 4.75. The molecule has 1 aliphatic carbocycles. The summed E-state index contributed by atoms with van der Waals surface area (Å²) in [4.78, 5) is 11.8. The zero-order valence-corrected chi connectivity index (χ0v) is 11.6. The minimum Gasteiger partial charge on any atom is -0.384 e. The molecule has 17 heavy (non-hydrogen) atoms. The third-order valence-electron chi connectivity index (χ3n) is 3.40. The number of halogens is 1. The smallest absolute Gasteiger partial charge is 0.225 e. The molecule has 0 heterocycles. The van der Waals surface area contributed by atoms with E-state index in [0.29, 0.717) is 19.1 Å². The number of nitrogens with one attached hydrogen (secondary N) is 1. The summed E-state index contributed by atoms with van der Waals surface area (Å²) in [5, 5.41) is 3.11. The Morgan fingerprint density at radius 2 is 2.12 bits per heavy atom. The Kier molecular flexibility index (Phi) is 8.56. The average Bonchev–Trinajstić information content (AvgIpc) is 2.30. The van der Waals surface area contributed by atoms with Crippen molar-refractivity contribution < 1.29 is 9.53 Å². The minimum absolute atomic E-state index is 0. The van der Waals surface area contributed by atoms with Gasteiger partial charge in [-0.25, -0.2) is 0 Å². The van der Waals surface area contributed by atoms with Crippen LogP contribution < -0.4 is 11.1 Å². The standard InChI is InChI=1S/C12H24N2O2.ClH/c1-9(8-16-2)12(15)14-11-6-4-3-5-10(11)7-13;/h9-11H,3-8,13H2,1-2H3,(H,14,15);1H. The first-order valence-corrected chi connectivity index (χ1v) is 6.18. The molecule has 0 bridgehead atoms. The van der Waals surface area contributed by atoms with Gasteiger partial charge in [-0.15, -0.1) is 12.4 Å². The Labute approximate surface area is 110 Å². The second kappa shape index (κ2) is 8.72. The highest BCUT2D eigenvalue weighted by Crippen LogP contribution is 2.23. The first-order chi connectivity index (χ1) is 7.69. The Morgan fingerprint density at radius 3 is 2.71 bits per heavy atom. The van der Waals surface area contributed by atoms with Crippen LogP contribution in [0.2, 0.25) is 0 Å². The Morgan fingerprint density at radius 1 is 1.47 bits per heavy atom. The number of ether oxygens (including phenoxy) is 1. The van der Waals surface area contributed by atoms with Crippen LogP contribution in [0.15, 0.2) is 0 Å². The lowest BCUT2D eigenvalue weighted by Crippen LogP contribution is -2.46. The molecule has 1 aliphatic rings. The van der Waals surface area contributed by atoms with Gasteiger partial charge in [0, 0.05) is 13.2 Å². The van der Waals surface area contributed by atoms with Crippen molar-refractivity contribution in [1.82, 2.24) is 5.32 Å². The molecule has 0 aromatic heterocycles. The summed E-state index contributed by atoms with van der Waals surface area (Å²) in [5.74, 6) is 0.463. The van der Waals surface area contributed by atoms with Crippen LogP contribution in [0.3, 0.4) is 0 Å². The van der Waals surface area contributed by atoms with Gasteiger partial charge >= 0.3 is 0 Å². The normalized spacial score (nSPS) is 25.8. The van der Waals surface area contributed by atoms with Crippen molar-refractivity contribution in [3.63, 3.8) is 0 Å². The third kappa shape index (κ3) is 5.23. The first-order valence-electron chi connectivity index (χ1n) is 6.18. The Hall–Kier alpha value is -0.320. The number of hydrogen-bond acceptors (Lipinski definition) is 3. The summed E-state index contributed by atoms with van der Waals surface area (Å²) < 4.78 is 4.98. The lowest BCUT2D eigenvalue weighted by Gasteiger charge is -2.32. The summed E-state index contributed by atoms with van der Waals surface area (Å²) >= 11 is 0. The molecule has 5 heteroatoms. The Balaban J connectivity index is 0.00000256. The van der Waals surface area contributed by atoms with Crippen LogP contribution in [0, 0.1) is 11.8 Å². The van der Waals surface area contributed by atoms with Gasteiger partial charge in [0.25, 0.3) is 0 Å². The molecule has 0 saturated heterocycles. The van der Waals surface area contributed by atoms with E-state index in [-0.39, 0.29) is 30.3 Å². The van der Waals surface area contributed by atoms with Gasteiger partial charge in [0.2, 0.25) is 5.91 Å². The van der Waals surface area contributed by atoms with Gasteiger partial charge in [-0.3, -0.25) is 4.79 Å². The summed E-state index contributed by atoms with van der Waals surface area (Å²) in [7, 11) is 1.62. The number of amides is 1. The van der Waals surface area contributed by atoms with Gasteiger partial charge in [0.05, 0.1) is 12.5 Å². The number of methoxy groups -OCH3 is 1. The molecule has 102 valence electrons. The van der Waals surface area contributed by atoms with Gasteiger partial charge in [-0.1, -0.05) is 19.8 Å². The summed E-state index contributed by atoms with van der Waals surface area (Å²) in [6.07, 6.45) is 4.63. The van der Waals surface area contributed by atoms with Crippen molar-refractivity contribution in [3.8, 4) is 0 Å². The van der Waals surface area contributed by atoms with E-state index in [9.17, 15) is 4.79 Å². The van der Waals surface area contributed by atoms with Gasteiger partial charge in [-0.2, -0.15) is 0 Å². The third-order valence-corrected chi connectivity index (χ3v) is 3.40. The van der Waals surface area contributed by atoms with Crippen molar-refractivity contribution in [2.45, 2.75) is 38.6 Å². The van der Waals surface area contributed by atoms with E-state index < -0.39 is 0 Å². The maximum absolute atomic E-state index is 11.8. The molecule has 1 fully saturated rings. The zero-order valence-electron chi connectivity index (χ0n) is 10.8. The fourth-order valence-electron chi connectivity index (χ4n) is 2.33. The molecular weight excluding hydrogens is 240 g/mol. The Bertz CT molecular complexity index is 227. The molecule has 1 saturated carbocycles. The van der Waals surface area contributed by atoms with Crippen LogP contribution in [0.25, 0.3) is 0 Å². The van der Waals surface area contributed by atoms with Crippen molar-refractivity contribution in [2.24, 2.45) is 17.6 Å². The lowest BCUT2D eigenvalue weighted by molar-refractivity contribution is -0.127. The molecule has 3 unspecified atom stereocenters. The van der Waals surface area contributed by atoms with E-state index in [0.717, 1.165) is 12.8 Å². The van der Waals surface area contributed by atoms with Gasteiger partial charge in [0.1, 0.15) is 0 Å². The predicted molar refractivity (Wildman–Crippen MR) is 71.2 cm³/mol. The minimum atomic E-state index is -0.0784. The number of carbonyl (C=O) groups is 1. The fourth-order valence-corrected chi connectivity index (χ4v) is 2.33. The van der Waals surface area contributed by atoms with Crippen LogP contribution in [0.4, 0.5) is 0 Å². The molecule has 0 aliphatic heterocycles. The van der Waals surface area contributed by atoms with Gasteiger partial charge in [0.15, 0.2) is 0 Å². The second-order valence-corrected chi connectivity index (χ2v) is 4.75. The van der Waals surface area contributed by atoms with Crippen molar-refractivity contribution in [1.29, 1.82) is 0 Å². The molecule has 4 nitrogen and oxygen atoms in total. The van der Waals surface area contributed by atoms with Crippen molar-refractivity contribution in [2.75, 3.05) is 20.3 Å². The number of hydrogen-bond donors (Lipinski definition) is 2. The van der Waals surface area contributed by atoms with E-state index in [1.165, 1.54) is 12.8 Å². The fraction of sp³-hybridized carbons (Fsp3) is 0.917. The van der Waals surface area contributed by atoms with Crippen LogP contribution in [-0.4, -0.2) is 32.2 Å². The monoisotopic (exact) mass is 264 g/mol. The van der Waals surface area contributed by atoms with Crippen molar-refractivity contribution >= 4 is 18.3 Å². The largest absolute Gasteiger partial charge is 0.384 e. The van der Waals surface area contributed by atoms with E-state index in [1.807, 2.05) is 6.92 Å². The molecule has 0 spiro atoms. The molecule has 3 atom stereocenters. The molecule has 0 aromatic rings. The molecule has 0 aromatic carbocycles.